The second-order valence-corrected chi connectivity index (χ2v) is 5.12. The fourth-order valence-corrected chi connectivity index (χ4v) is 2.27. The monoisotopic (exact) mass is 340 g/mol. The van der Waals surface area contributed by atoms with Crippen LogP contribution >= 0.6 is 47.2 Å². The summed E-state index contributed by atoms with van der Waals surface area (Å²) in [5.41, 5.74) is 1.42. The molecule has 106 valence electrons. The summed E-state index contributed by atoms with van der Waals surface area (Å²) in [4.78, 5) is 4.44. The summed E-state index contributed by atoms with van der Waals surface area (Å²) in [6.45, 7) is 11.0. The van der Waals surface area contributed by atoms with Gasteiger partial charge in [-0.05, 0) is 0 Å². The van der Waals surface area contributed by atoms with Gasteiger partial charge in [-0.2, -0.15) is 0 Å². The summed E-state index contributed by atoms with van der Waals surface area (Å²) in [5.74, 6) is 0.650. The van der Waals surface area contributed by atoms with Crippen molar-refractivity contribution in [3.8, 4) is 0 Å². The van der Waals surface area contributed by atoms with Crippen molar-refractivity contribution in [1.82, 2.24) is 9.55 Å². The summed E-state index contributed by atoms with van der Waals surface area (Å²) in [7, 11) is 1.84. The van der Waals surface area contributed by atoms with Gasteiger partial charge in [0.25, 0.3) is 0 Å². The van der Waals surface area contributed by atoms with E-state index in [0.717, 1.165) is 5.69 Å². The van der Waals surface area contributed by atoms with Gasteiger partial charge in [-0.3, -0.25) is 0 Å². The van der Waals surface area contributed by atoms with Crippen molar-refractivity contribution >= 4 is 47.2 Å². The summed E-state index contributed by atoms with van der Waals surface area (Å²) >= 11 is 18.5. The Balaban J connectivity index is 0.00000324. The molecule has 1 heterocycles. The van der Waals surface area contributed by atoms with Gasteiger partial charge in [0, 0.05) is 7.05 Å². The van der Waals surface area contributed by atoms with E-state index >= 15 is 0 Å². The Kier molecular flexibility index (Phi) is 7.83. The van der Waals surface area contributed by atoms with Gasteiger partial charge in [0.2, 0.25) is 0 Å². The predicted octanol–water partition coefficient (Wildman–Crippen LogP) is 5.24. The number of nitrogens with zero attached hydrogens (tertiary/aromatic N) is 2. The fraction of sp³-hybridized carbons (Fsp3) is 0.308. The van der Waals surface area contributed by atoms with E-state index in [2.05, 4.69) is 24.7 Å². The van der Waals surface area contributed by atoms with Crippen LogP contribution in [0.2, 0.25) is 0 Å². The molecule has 3 unspecified atom stereocenters. The van der Waals surface area contributed by atoms with E-state index in [0.29, 0.717) is 11.5 Å². The first-order valence-electron chi connectivity index (χ1n) is 5.34. The molecule has 0 saturated carbocycles. The van der Waals surface area contributed by atoms with Crippen molar-refractivity contribution in [2.45, 2.75) is 16.1 Å². The van der Waals surface area contributed by atoms with E-state index in [4.69, 9.17) is 34.8 Å². The largest absolute Gasteiger partial charge is 0.332 e. The number of rotatable bonds is 6. The highest BCUT2D eigenvalue weighted by Crippen LogP contribution is 2.35. The van der Waals surface area contributed by atoms with E-state index in [9.17, 15) is 0 Å². The lowest BCUT2D eigenvalue weighted by Crippen LogP contribution is -2.04. The number of allylic oxidation sites excluding steroid dienone is 3. The molecule has 2 nitrogen and oxygen atoms in total. The molecule has 0 aromatic carbocycles. The molecule has 0 N–H and O–H groups in total. The van der Waals surface area contributed by atoms with Crippen LogP contribution in [0.4, 0.5) is 0 Å². The van der Waals surface area contributed by atoms with E-state index in [1.54, 1.807) is 18.2 Å². The third-order valence-corrected chi connectivity index (χ3v) is 3.74. The lowest BCUT2D eigenvalue weighted by Gasteiger charge is -2.11. The van der Waals surface area contributed by atoms with Crippen molar-refractivity contribution in [3.63, 3.8) is 0 Å². The average Bonchev–Trinajstić information content (AvgIpc) is 2.73. The summed E-state index contributed by atoms with van der Waals surface area (Å²) in [6, 6.07) is 0. The van der Waals surface area contributed by atoms with Gasteiger partial charge in [0.1, 0.15) is 11.2 Å². The van der Waals surface area contributed by atoms with Crippen LogP contribution in [0.3, 0.4) is 0 Å². The van der Waals surface area contributed by atoms with Gasteiger partial charge in [0.05, 0.1) is 22.1 Å². The van der Waals surface area contributed by atoms with Crippen LogP contribution < -0.4 is 0 Å². The normalized spacial score (nSPS) is 14.9. The minimum absolute atomic E-state index is 0. The second kappa shape index (κ2) is 8.01. The number of hydrogen-bond donors (Lipinski definition) is 0. The number of hydrogen-bond acceptors (Lipinski definition) is 1. The topological polar surface area (TPSA) is 17.8 Å². The van der Waals surface area contributed by atoms with Crippen molar-refractivity contribution in [2.24, 2.45) is 7.05 Å². The molecule has 0 amide bonds. The lowest BCUT2D eigenvalue weighted by atomic mass is 10.2. The highest BCUT2D eigenvalue weighted by molar-refractivity contribution is 6.24. The van der Waals surface area contributed by atoms with Crippen LogP contribution in [-0.2, 0) is 7.05 Å². The lowest BCUT2D eigenvalue weighted by molar-refractivity contribution is 0.776. The van der Waals surface area contributed by atoms with Crippen molar-refractivity contribution < 1.29 is 0 Å². The number of aromatic nitrogens is 2. The molecule has 0 spiro atoms. The van der Waals surface area contributed by atoms with Gasteiger partial charge in [-0.1, -0.05) is 18.2 Å². The molecule has 0 radical (unpaired) electrons. The summed E-state index contributed by atoms with van der Waals surface area (Å²) < 4.78 is 1.83. The quantitative estimate of drug-likeness (QED) is 0.511. The highest BCUT2D eigenvalue weighted by Gasteiger charge is 2.25. The van der Waals surface area contributed by atoms with Gasteiger partial charge in [-0.15, -0.1) is 66.9 Å². The molecule has 1 aromatic rings. The summed E-state index contributed by atoms with van der Waals surface area (Å²) in [5, 5.41) is -1.21. The van der Waals surface area contributed by atoms with Crippen molar-refractivity contribution in [2.75, 3.05) is 0 Å². The minimum atomic E-state index is -0.421. The first kappa shape index (κ1) is 18.6. The Morgan fingerprint density at radius 1 is 1.00 bits per heavy atom. The second-order valence-electron chi connectivity index (χ2n) is 3.71. The van der Waals surface area contributed by atoms with E-state index < -0.39 is 10.8 Å². The van der Waals surface area contributed by atoms with Crippen LogP contribution in [0.25, 0.3) is 0 Å². The predicted molar refractivity (Wildman–Crippen MR) is 86.8 cm³/mol. The van der Waals surface area contributed by atoms with E-state index in [-0.39, 0.29) is 17.8 Å². The van der Waals surface area contributed by atoms with Crippen LogP contribution in [0.1, 0.15) is 33.3 Å². The summed E-state index contributed by atoms with van der Waals surface area (Å²) in [6.07, 6.45) is 4.82. The molecule has 3 atom stereocenters. The maximum atomic E-state index is 6.22. The molecule has 0 saturated heterocycles. The molecule has 1 rings (SSSR count). The molecule has 19 heavy (non-hydrogen) atoms. The maximum Gasteiger partial charge on any atom is 0.131 e. The molecular formula is C13H16Cl4N2. The molecule has 1 aromatic heterocycles. The molecular weight excluding hydrogens is 326 g/mol. The molecule has 0 bridgehead atoms. The number of alkyl halides is 3. The third-order valence-electron chi connectivity index (χ3n) is 2.59. The van der Waals surface area contributed by atoms with Crippen molar-refractivity contribution in [1.29, 1.82) is 0 Å². The number of imidazole rings is 1. The average molecular weight is 342 g/mol. The zero-order chi connectivity index (χ0) is 13.9. The molecule has 0 aliphatic heterocycles. The first-order valence-corrected chi connectivity index (χ1v) is 6.65. The minimum Gasteiger partial charge on any atom is -0.332 e. The van der Waals surface area contributed by atoms with Crippen molar-refractivity contribution in [3.05, 3.63) is 55.2 Å². The number of halogens is 4. The van der Waals surface area contributed by atoms with Crippen LogP contribution in [0.5, 0.6) is 0 Å². The standard InChI is InChI=1S/C13H15Cl3N2.ClH/c1-5-8(14)11-12(9(15)6-2)18(4)13(17-11)10(16)7-3;/h5-10H,1-3H2,4H3;1H. The van der Waals surface area contributed by atoms with Gasteiger partial charge >= 0.3 is 0 Å². The fourth-order valence-electron chi connectivity index (χ4n) is 1.66. The Hall–Kier alpha value is -0.410. The Labute approximate surface area is 135 Å². The molecule has 0 fully saturated rings. The van der Waals surface area contributed by atoms with Gasteiger partial charge < -0.3 is 4.57 Å². The third kappa shape index (κ3) is 3.79. The maximum absolute atomic E-state index is 6.22. The van der Waals surface area contributed by atoms with Crippen LogP contribution in [-0.4, -0.2) is 9.55 Å². The van der Waals surface area contributed by atoms with Crippen LogP contribution in [0, 0.1) is 0 Å². The molecule has 6 heteroatoms. The zero-order valence-electron chi connectivity index (χ0n) is 10.5. The molecule has 0 aliphatic carbocycles. The first-order chi connectivity index (χ1) is 8.47. The highest BCUT2D eigenvalue weighted by atomic mass is 35.5. The Morgan fingerprint density at radius 2 is 1.47 bits per heavy atom. The van der Waals surface area contributed by atoms with E-state index in [1.165, 1.54) is 0 Å². The Morgan fingerprint density at radius 3 is 1.89 bits per heavy atom. The van der Waals surface area contributed by atoms with Gasteiger partial charge in [-0.25, -0.2) is 4.98 Å². The van der Waals surface area contributed by atoms with E-state index in [1.807, 2.05) is 11.6 Å². The SMILES string of the molecule is C=CC(Cl)c1nc(C(Cl)C=C)n(C)c1C(Cl)C=C.Cl. The van der Waals surface area contributed by atoms with Crippen LogP contribution in [0.15, 0.2) is 38.0 Å². The van der Waals surface area contributed by atoms with Gasteiger partial charge in [0.15, 0.2) is 0 Å². The zero-order valence-corrected chi connectivity index (χ0v) is 13.6. The Bertz CT molecular complexity index is 467. The smallest absolute Gasteiger partial charge is 0.131 e. The molecule has 0 aliphatic rings.